The van der Waals surface area contributed by atoms with Crippen LogP contribution >= 0.6 is 0 Å². The maximum Gasteiger partial charge on any atom is 0.325 e. The summed E-state index contributed by atoms with van der Waals surface area (Å²) in [5.74, 6) is -1.74. The van der Waals surface area contributed by atoms with Crippen molar-refractivity contribution in [3.8, 4) is 0 Å². The van der Waals surface area contributed by atoms with E-state index in [9.17, 15) is 14.4 Å². The fourth-order valence-electron chi connectivity index (χ4n) is 2.03. The molecule has 1 atom stereocenters. The molecule has 0 fully saturated rings. The van der Waals surface area contributed by atoms with Crippen molar-refractivity contribution in [1.82, 2.24) is 10.3 Å². The lowest BCUT2D eigenvalue weighted by molar-refractivity contribution is -0.138. The molecule has 0 bridgehead atoms. The topological polar surface area (TPSA) is 99.3 Å². The first-order chi connectivity index (χ1) is 8.79. The van der Waals surface area contributed by atoms with Crippen LogP contribution in [0.3, 0.4) is 0 Å². The van der Waals surface area contributed by atoms with Gasteiger partial charge in [-0.05, 0) is 32.8 Å². The summed E-state index contributed by atoms with van der Waals surface area (Å²) in [4.78, 5) is 37.2. The minimum atomic E-state index is -1.11. The van der Waals surface area contributed by atoms with Crippen molar-refractivity contribution in [3.63, 3.8) is 0 Å². The van der Waals surface area contributed by atoms with Gasteiger partial charge in [-0.3, -0.25) is 14.4 Å². The van der Waals surface area contributed by atoms with Gasteiger partial charge in [0.05, 0.1) is 0 Å². The summed E-state index contributed by atoms with van der Waals surface area (Å²) in [5.41, 5.74) is 2.02. The number of aromatic nitrogens is 1. The van der Waals surface area contributed by atoms with Crippen molar-refractivity contribution in [2.24, 2.45) is 0 Å². The van der Waals surface area contributed by atoms with Crippen LogP contribution in [0, 0.1) is 6.92 Å². The summed E-state index contributed by atoms with van der Waals surface area (Å²) in [5, 5.41) is 11.1. The smallest absolute Gasteiger partial charge is 0.325 e. The number of aromatic amines is 1. The van der Waals surface area contributed by atoms with E-state index in [1.165, 1.54) is 13.8 Å². The standard InChI is InChI=1S/C13H18N2O4/c1-5-9-10(8(4)16)6(2)14-11(9)12(17)15-7(3)13(18)19/h7,14H,5H2,1-4H3,(H,15,17)(H,18,19). The Balaban J connectivity index is 3.14. The molecule has 0 spiro atoms. The second-order valence-electron chi connectivity index (χ2n) is 4.42. The molecule has 104 valence electrons. The zero-order chi connectivity index (χ0) is 14.7. The van der Waals surface area contributed by atoms with Gasteiger partial charge < -0.3 is 15.4 Å². The minimum absolute atomic E-state index is 0.115. The number of rotatable bonds is 5. The maximum atomic E-state index is 12.0. The maximum absolute atomic E-state index is 12.0. The van der Waals surface area contributed by atoms with Crippen molar-refractivity contribution in [1.29, 1.82) is 0 Å². The minimum Gasteiger partial charge on any atom is -0.480 e. The number of H-pyrrole nitrogens is 1. The fourth-order valence-corrected chi connectivity index (χ4v) is 2.03. The molecule has 0 aliphatic heterocycles. The third-order valence-electron chi connectivity index (χ3n) is 2.94. The van der Waals surface area contributed by atoms with Crippen LogP contribution in [0.1, 0.15) is 52.9 Å². The predicted octanol–water partition coefficient (Wildman–Crippen LogP) is 1.29. The lowest BCUT2D eigenvalue weighted by atomic mass is 10.0. The number of ketones is 1. The third kappa shape index (κ3) is 3.01. The van der Waals surface area contributed by atoms with Crippen molar-refractivity contribution < 1.29 is 19.5 Å². The Hall–Kier alpha value is -2.11. The molecule has 1 rings (SSSR count). The van der Waals surface area contributed by atoms with Crippen LogP contribution in [-0.2, 0) is 11.2 Å². The van der Waals surface area contributed by atoms with Gasteiger partial charge in [0.2, 0.25) is 0 Å². The van der Waals surface area contributed by atoms with Gasteiger partial charge in [0.1, 0.15) is 11.7 Å². The molecular formula is C13H18N2O4. The first-order valence-corrected chi connectivity index (χ1v) is 6.05. The van der Waals surface area contributed by atoms with Crippen LogP contribution in [0.4, 0.5) is 0 Å². The van der Waals surface area contributed by atoms with Gasteiger partial charge in [0, 0.05) is 11.3 Å². The first-order valence-electron chi connectivity index (χ1n) is 6.05. The summed E-state index contributed by atoms with van der Waals surface area (Å²) < 4.78 is 0. The molecule has 0 saturated carbocycles. The summed E-state index contributed by atoms with van der Waals surface area (Å²) in [7, 11) is 0. The summed E-state index contributed by atoms with van der Waals surface area (Å²) in [6.07, 6.45) is 0.517. The van der Waals surface area contributed by atoms with E-state index in [0.29, 0.717) is 23.2 Å². The number of aryl methyl sites for hydroxylation is 1. The van der Waals surface area contributed by atoms with E-state index >= 15 is 0 Å². The van der Waals surface area contributed by atoms with E-state index in [4.69, 9.17) is 5.11 Å². The van der Waals surface area contributed by atoms with Crippen molar-refractivity contribution in [2.75, 3.05) is 0 Å². The molecule has 6 heteroatoms. The van der Waals surface area contributed by atoms with E-state index in [0.717, 1.165) is 0 Å². The van der Waals surface area contributed by atoms with Crippen molar-refractivity contribution >= 4 is 17.7 Å². The molecule has 1 aromatic heterocycles. The lowest BCUT2D eigenvalue weighted by Gasteiger charge is -2.09. The van der Waals surface area contributed by atoms with E-state index in [2.05, 4.69) is 10.3 Å². The Morgan fingerprint density at radius 2 is 1.95 bits per heavy atom. The number of carbonyl (C=O) groups is 3. The molecule has 19 heavy (non-hydrogen) atoms. The lowest BCUT2D eigenvalue weighted by Crippen LogP contribution is -2.38. The molecule has 3 N–H and O–H groups in total. The molecule has 0 radical (unpaired) electrons. The SMILES string of the molecule is CCc1c(C(=O)NC(C)C(=O)O)[nH]c(C)c1C(C)=O. The molecule has 1 heterocycles. The number of Topliss-reactive ketones (excluding diaryl/α,β-unsaturated/α-hetero) is 1. The molecule has 0 aliphatic rings. The van der Waals surface area contributed by atoms with Crippen LogP contribution < -0.4 is 5.32 Å². The van der Waals surface area contributed by atoms with Gasteiger partial charge in [-0.2, -0.15) is 0 Å². The Bertz CT molecular complexity index is 531. The number of nitrogens with one attached hydrogen (secondary N) is 2. The van der Waals surface area contributed by atoms with Gasteiger partial charge in [0.25, 0.3) is 5.91 Å². The zero-order valence-corrected chi connectivity index (χ0v) is 11.5. The van der Waals surface area contributed by atoms with Crippen LogP contribution in [0.15, 0.2) is 0 Å². The zero-order valence-electron chi connectivity index (χ0n) is 11.5. The number of carbonyl (C=O) groups excluding carboxylic acids is 2. The Morgan fingerprint density at radius 3 is 2.37 bits per heavy atom. The quantitative estimate of drug-likeness (QED) is 0.699. The molecule has 0 aromatic carbocycles. The molecule has 0 aliphatic carbocycles. The highest BCUT2D eigenvalue weighted by atomic mass is 16.4. The number of carboxylic acid groups (broad SMARTS) is 1. The number of amides is 1. The highest BCUT2D eigenvalue weighted by Crippen LogP contribution is 2.20. The highest BCUT2D eigenvalue weighted by molar-refractivity contribution is 6.03. The largest absolute Gasteiger partial charge is 0.480 e. The van der Waals surface area contributed by atoms with Gasteiger partial charge in [-0.1, -0.05) is 6.92 Å². The number of aliphatic carboxylic acids is 1. The molecule has 6 nitrogen and oxygen atoms in total. The summed E-state index contributed by atoms with van der Waals surface area (Å²) in [6.45, 7) is 6.38. The molecule has 0 saturated heterocycles. The van der Waals surface area contributed by atoms with Crippen LogP contribution in [0.25, 0.3) is 0 Å². The predicted molar refractivity (Wildman–Crippen MR) is 69.5 cm³/mol. The van der Waals surface area contributed by atoms with Crippen molar-refractivity contribution in [2.45, 2.75) is 40.2 Å². The van der Waals surface area contributed by atoms with E-state index < -0.39 is 17.9 Å². The van der Waals surface area contributed by atoms with E-state index in [1.807, 2.05) is 6.92 Å². The van der Waals surface area contributed by atoms with Gasteiger partial charge in [-0.25, -0.2) is 0 Å². The van der Waals surface area contributed by atoms with Crippen LogP contribution in [0.2, 0.25) is 0 Å². The van der Waals surface area contributed by atoms with E-state index in [1.54, 1.807) is 6.92 Å². The average Bonchev–Trinajstić information content (AvgIpc) is 2.65. The van der Waals surface area contributed by atoms with Gasteiger partial charge in [-0.15, -0.1) is 0 Å². The monoisotopic (exact) mass is 266 g/mol. The fraction of sp³-hybridized carbons (Fsp3) is 0.462. The Kier molecular flexibility index (Phi) is 4.47. The van der Waals surface area contributed by atoms with Crippen LogP contribution in [0.5, 0.6) is 0 Å². The molecule has 1 unspecified atom stereocenters. The van der Waals surface area contributed by atoms with Gasteiger partial charge in [0.15, 0.2) is 5.78 Å². The van der Waals surface area contributed by atoms with Crippen molar-refractivity contribution in [3.05, 3.63) is 22.5 Å². The summed E-state index contributed by atoms with van der Waals surface area (Å²) in [6, 6.07) is -0.985. The number of hydrogen-bond acceptors (Lipinski definition) is 3. The first kappa shape index (κ1) is 14.9. The Morgan fingerprint density at radius 1 is 1.37 bits per heavy atom. The normalized spacial score (nSPS) is 12.0. The second-order valence-corrected chi connectivity index (χ2v) is 4.42. The summed E-state index contributed by atoms with van der Waals surface area (Å²) >= 11 is 0. The number of carboxylic acids is 1. The Labute approximate surface area is 111 Å². The van der Waals surface area contributed by atoms with Gasteiger partial charge >= 0.3 is 5.97 Å². The highest BCUT2D eigenvalue weighted by Gasteiger charge is 2.23. The van der Waals surface area contributed by atoms with E-state index in [-0.39, 0.29) is 11.5 Å². The molecular weight excluding hydrogens is 248 g/mol. The number of hydrogen-bond donors (Lipinski definition) is 3. The van der Waals surface area contributed by atoms with Crippen LogP contribution in [-0.4, -0.2) is 33.8 Å². The third-order valence-corrected chi connectivity index (χ3v) is 2.94. The average molecular weight is 266 g/mol. The molecule has 1 aromatic rings. The molecule has 1 amide bonds. The second kappa shape index (κ2) is 5.69.